The van der Waals surface area contributed by atoms with Gasteiger partial charge in [0.1, 0.15) is 17.3 Å². The minimum Gasteiger partial charge on any atom is -0.480 e. The highest BCUT2D eigenvalue weighted by atomic mass is 16.6. The van der Waals surface area contributed by atoms with Gasteiger partial charge in [-0.05, 0) is 52.2 Å². The normalized spacial score (nSPS) is 24.6. The first-order valence-electron chi connectivity index (χ1n) is 13.0. The van der Waals surface area contributed by atoms with Crippen LogP contribution in [0.1, 0.15) is 64.6 Å². The minimum absolute atomic E-state index is 0.0579. The van der Waals surface area contributed by atoms with Crippen molar-refractivity contribution < 1.29 is 19.4 Å². The molecule has 3 aromatic heterocycles. The second-order valence-corrected chi connectivity index (χ2v) is 11.4. The third-order valence-corrected chi connectivity index (χ3v) is 7.79. The third kappa shape index (κ3) is 3.72. The molecule has 0 bridgehead atoms. The maximum Gasteiger partial charge on any atom is 0.410 e. The number of carboxylic acid groups (broad SMARTS) is 1. The SMILES string of the molecule is CC1CC(C(=O)O)n2c1c(N1CCN(C(=O)OC(C)(C)C)[C@H]3CC[C@@H]31)c(=O)c1nn(-c3ccncc3)nc12. The van der Waals surface area contributed by atoms with Crippen molar-refractivity contribution in [2.24, 2.45) is 0 Å². The number of amides is 1. The number of ether oxygens (including phenoxy) is 1. The molecule has 0 aromatic carbocycles. The van der Waals surface area contributed by atoms with E-state index in [9.17, 15) is 19.5 Å². The number of fused-ring (bicyclic) bond motifs is 4. The largest absolute Gasteiger partial charge is 0.480 e. The molecule has 2 aliphatic heterocycles. The van der Waals surface area contributed by atoms with Crippen molar-refractivity contribution >= 4 is 28.9 Å². The van der Waals surface area contributed by atoms with E-state index in [-0.39, 0.29) is 40.7 Å². The van der Waals surface area contributed by atoms with Gasteiger partial charge in [0.25, 0.3) is 0 Å². The van der Waals surface area contributed by atoms with Crippen LogP contribution in [-0.2, 0) is 9.53 Å². The highest BCUT2D eigenvalue weighted by Gasteiger charge is 2.49. The molecule has 38 heavy (non-hydrogen) atoms. The number of aromatic nitrogens is 5. The quantitative estimate of drug-likeness (QED) is 0.552. The standard InChI is InChI=1S/C26H31N7O5/c1-14-13-18(24(35)36)32-20(14)21(22(34)19-23(32)29-33(28-19)15-7-9-27-10-8-15)30-11-12-31(17-6-5-16(17)30)25(37)38-26(2,3)4/h7-10,14,16-18H,5-6,11-13H2,1-4H3,(H,35,36)/t14?,16-,17-,18?/m0/s1. The summed E-state index contributed by atoms with van der Waals surface area (Å²) >= 11 is 0. The van der Waals surface area contributed by atoms with Gasteiger partial charge in [0, 0.05) is 37.4 Å². The molecular weight excluding hydrogens is 490 g/mol. The summed E-state index contributed by atoms with van der Waals surface area (Å²) in [7, 11) is 0. The van der Waals surface area contributed by atoms with Crippen LogP contribution in [0.3, 0.4) is 0 Å². The first kappa shape index (κ1) is 24.4. The maximum absolute atomic E-state index is 14.1. The van der Waals surface area contributed by atoms with E-state index in [0.717, 1.165) is 12.8 Å². The summed E-state index contributed by atoms with van der Waals surface area (Å²) in [6, 6.07) is 2.46. The van der Waals surface area contributed by atoms with Crippen LogP contribution >= 0.6 is 0 Å². The van der Waals surface area contributed by atoms with E-state index in [1.165, 1.54) is 4.80 Å². The molecule has 0 spiro atoms. The van der Waals surface area contributed by atoms with Gasteiger partial charge in [-0.2, -0.15) is 0 Å². The van der Waals surface area contributed by atoms with E-state index < -0.39 is 17.6 Å². The second-order valence-electron chi connectivity index (χ2n) is 11.4. The number of nitrogens with zero attached hydrogens (tertiary/aromatic N) is 7. The highest BCUT2D eigenvalue weighted by molar-refractivity contribution is 5.83. The Hall–Kier alpha value is -3.96. The zero-order valence-electron chi connectivity index (χ0n) is 21.9. The van der Waals surface area contributed by atoms with Gasteiger partial charge in [0.15, 0.2) is 11.2 Å². The van der Waals surface area contributed by atoms with E-state index in [1.54, 1.807) is 34.0 Å². The molecule has 200 valence electrons. The number of aliphatic carboxylic acids is 1. The molecule has 1 amide bonds. The summed E-state index contributed by atoms with van der Waals surface area (Å²) in [4.78, 5) is 48.6. The van der Waals surface area contributed by atoms with Gasteiger partial charge in [-0.15, -0.1) is 15.0 Å². The maximum atomic E-state index is 14.1. The number of hydrogen-bond donors (Lipinski definition) is 1. The van der Waals surface area contributed by atoms with E-state index in [0.29, 0.717) is 36.6 Å². The highest BCUT2D eigenvalue weighted by Crippen LogP contribution is 2.45. The van der Waals surface area contributed by atoms with Crippen LogP contribution in [0.15, 0.2) is 29.3 Å². The first-order valence-corrected chi connectivity index (χ1v) is 13.0. The Bertz CT molecular complexity index is 1490. The number of carbonyl (C=O) groups is 2. The summed E-state index contributed by atoms with van der Waals surface area (Å²) < 4.78 is 7.33. The topological polar surface area (TPSA) is 136 Å². The molecule has 3 aromatic rings. The number of piperazine rings is 1. The lowest BCUT2D eigenvalue weighted by Gasteiger charge is -2.54. The van der Waals surface area contributed by atoms with Gasteiger partial charge in [-0.1, -0.05) is 6.92 Å². The summed E-state index contributed by atoms with van der Waals surface area (Å²) in [6.07, 6.45) is 4.86. The van der Waals surface area contributed by atoms with Crippen molar-refractivity contribution in [1.82, 2.24) is 29.4 Å². The van der Waals surface area contributed by atoms with Crippen LogP contribution in [0.4, 0.5) is 10.5 Å². The lowest BCUT2D eigenvalue weighted by Crippen LogP contribution is -2.67. The Morgan fingerprint density at radius 1 is 1.08 bits per heavy atom. The van der Waals surface area contributed by atoms with Gasteiger partial charge in [0.2, 0.25) is 5.43 Å². The smallest absolute Gasteiger partial charge is 0.410 e. The predicted molar refractivity (Wildman–Crippen MR) is 138 cm³/mol. The molecule has 1 saturated carbocycles. The molecule has 0 radical (unpaired) electrons. The fourth-order valence-corrected chi connectivity index (χ4v) is 6.05. The van der Waals surface area contributed by atoms with Crippen molar-refractivity contribution in [3.8, 4) is 5.69 Å². The molecule has 5 heterocycles. The molecular formula is C26H31N7O5. The van der Waals surface area contributed by atoms with Crippen molar-refractivity contribution in [3.63, 3.8) is 0 Å². The zero-order valence-corrected chi connectivity index (χ0v) is 21.9. The van der Waals surface area contributed by atoms with Crippen LogP contribution in [0, 0.1) is 0 Å². The van der Waals surface area contributed by atoms with Crippen molar-refractivity contribution in [3.05, 3.63) is 40.4 Å². The molecule has 12 heteroatoms. The average Bonchev–Trinajstić information content (AvgIpc) is 3.42. The molecule has 1 N–H and O–H groups in total. The number of pyridine rings is 2. The summed E-state index contributed by atoms with van der Waals surface area (Å²) in [5.74, 6) is -1.14. The lowest BCUT2D eigenvalue weighted by atomic mass is 9.81. The first-order chi connectivity index (χ1) is 18.0. The molecule has 1 saturated heterocycles. The number of hydrogen-bond acceptors (Lipinski definition) is 8. The summed E-state index contributed by atoms with van der Waals surface area (Å²) in [5, 5.41) is 19.2. The van der Waals surface area contributed by atoms with Crippen LogP contribution in [0.2, 0.25) is 0 Å². The van der Waals surface area contributed by atoms with Crippen LogP contribution in [0.25, 0.3) is 16.9 Å². The van der Waals surface area contributed by atoms with Gasteiger partial charge in [-0.25, -0.2) is 9.59 Å². The fraction of sp³-hybridized carbons (Fsp3) is 0.538. The van der Waals surface area contributed by atoms with Crippen molar-refractivity contribution in [2.45, 2.75) is 76.6 Å². The van der Waals surface area contributed by atoms with E-state index >= 15 is 0 Å². The molecule has 4 atom stereocenters. The minimum atomic E-state index is -0.971. The van der Waals surface area contributed by atoms with Crippen LogP contribution < -0.4 is 10.3 Å². The Morgan fingerprint density at radius 2 is 1.79 bits per heavy atom. The van der Waals surface area contributed by atoms with E-state index in [1.807, 2.05) is 27.7 Å². The van der Waals surface area contributed by atoms with Crippen LogP contribution in [0.5, 0.6) is 0 Å². The third-order valence-electron chi connectivity index (χ3n) is 7.79. The Balaban J connectivity index is 1.47. The fourth-order valence-electron chi connectivity index (χ4n) is 6.05. The second kappa shape index (κ2) is 8.53. The van der Waals surface area contributed by atoms with Gasteiger partial charge in [-0.3, -0.25) is 9.78 Å². The average molecular weight is 522 g/mol. The molecule has 3 aliphatic rings. The Labute approximate surface area is 218 Å². The van der Waals surface area contributed by atoms with Crippen molar-refractivity contribution in [2.75, 3.05) is 18.0 Å². The van der Waals surface area contributed by atoms with Gasteiger partial charge in [0.05, 0.1) is 17.4 Å². The molecule has 2 unspecified atom stereocenters. The molecule has 2 fully saturated rings. The van der Waals surface area contributed by atoms with E-state index in [2.05, 4.69) is 20.1 Å². The number of carbonyl (C=O) groups excluding carboxylic acids is 1. The Kier molecular flexibility index (Phi) is 5.48. The summed E-state index contributed by atoms with van der Waals surface area (Å²) in [5.41, 5.74) is 1.31. The molecule has 1 aliphatic carbocycles. The monoisotopic (exact) mass is 521 g/mol. The van der Waals surface area contributed by atoms with Crippen molar-refractivity contribution in [1.29, 1.82) is 0 Å². The van der Waals surface area contributed by atoms with Crippen LogP contribution in [-0.4, -0.2) is 77.4 Å². The Morgan fingerprint density at radius 3 is 2.42 bits per heavy atom. The lowest BCUT2D eigenvalue weighted by molar-refractivity contribution is -0.140. The molecule has 12 nitrogen and oxygen atoms in total. The number of anilines is 1. The summed E-state index contributed by atoms with van der Waals surface area (Å²) in [6.45, 7) is 8.34. The van der Waals surface area contributed by atoms with Gasteiger partial charge >= 0.3 is 12.1 Å². The van der Waals surface area contributed by atoms with Gasteiger partial charge < -0.3 is 24.2 Å². The predicted octanol–water partition coefficient (Wildman–Crippen LogP) is 2.70. The zero-order chi connectivity index (χ0) is 26.9. The number of carboxylic acids is 1. The molecule has 6 rings (SSSR count). The number of rotatable bonds is 3. The van der Waals surface area contributed by atoms with E-state index in [4.69, 9.17) is 4.74 Å².